The number of anilines is 1. The Kier molecular flexibility index (Phi) is 8.35. The normalized spacial score (nSPS) is 18.6. The summed E-state index contributed by atoms with van der Waals surface area (Å²) in [5.74, 6) is 1.62. The molecule has 1 aliphatic heterocycles. The fourth-order valence-corrected chi connectivity index (χ4v) is 8.29. The van der Waals surface area contributed by atoms with Crippen LogP contribution in [0.4, 0.5) is 5.69 Å². The van der Waals surface area contributed by atoms with Gasteiger partial charge < -0.3 is 9.64 Å². The van der Waals surface area contributed by atoms with Crippen molar-refractivity contribution in [3.05, 3.63) is 155 Å². The second kappa shape index (κ2) is 13.2. The molecule has 4 heteroatoms. The summed E-state index contributed by atoms with van der Waals surface area (Å²) in [6.07, 6.45) is 11.1. The first-order chi connectivity index (χ1) is 23.3. The zero-order valence-electron chi connectivity index (χ0n) is 27.3. The fourth-order valence-electron chi connectivity index (χ4n) is 8.29. The third kappa shape index (κ3) is 5.87. The van der Waals surface area contributed by atoms with Gasteiger partial charge in [-0.3, -0.25) is 9.88 Å². The molecule has 4 aromatic carbocycles. The van der Waals surface area contributed by atoms with Gasteiger partial charge in [0, 0.05) is 50.5 Å². The summed E-state index contributed by atoms with van der Waals surface area (Å²) in [6.45, 7) is 5.31. The monoisotopic (exact) mass is 617 g/mol. The van der Waals surface area contributed by atoms with E-state index in [1.54, 1.807) is 12.7 Å². The van der Waals surface area contributed by atoms with E-state index in [-0.39, 0.29) is 5.92 Å². The van der Waals surface area contributed by atoms with Crippen LogP contribution >= 0.6 is 0 Å². The molecule has 5 aromatic rings. The molecule has 236 valence electrons. The van der Waals surface area contributed by atoms with E-state index in [0.29, 0.717) is 5.92 Å². The topological polar surface area (TPSA) is 28.6 Å². The van der Waals surface area contributed by atoms with Crippen molar-refractivity contribution in [3.8, 4) is 5.75 Å². The highest BCUT2D eigenvalue weighted by atomic mass is 16.5. The standard InChI is InChI=1S/C43H43N3O/c1-47-42-16-6-5-15-41(42)46-28-26-45(27-29-46)25-23-31-17-18-32-19-20-35-34-12-9-13-38(36(34)21-22-37(35)39(32)30-31)43(33-10-3-2-4-11-33)40-14-7-8-24-44-40/h2-12,14-20,24,30,38,43H,13,21-23,25-29H2,1H3. The molecule has 2 aliphatic carbocycles. The van der Waals surface area contributed by atoms with Crippen molar-refractivity contribution in [1.82, 2.24) is 9.88 Å². The molecule has 1 saturated heterocycles. The summed E-state index contributed by atoms with van der Waals surface area (Å²) < 4.78 is 5.62. The summed E-state index contributed by atoms with van der Waals surface area (Å²) >= 11 is 0. The van der Waals surface area contributed by atoms with Crippen molar-refractivity contribution < 1.29 is 4.74 Å². The second-order valence-corrected chi connectivity index (χ2v) is 13.2. The first-order valence-corrected chi connectivity index (χ1v) is 17.3. The van der Waals surface area contributed by atoms with E-state index in [1.807, 2.05) is 18.3 Å². The van der Waals surface area contributed by atoms with Gasteiger partial charge in [0.1, 0.15) is 5.75 Å². The number of hydrogen-bond acceptors (Lipinski definition) is 4. The van der Waals surface area contributed by atoms with Gasteiger partial charge >= 0.3 is 0 Å². The Morgan fingerprint density at radius 1 is 0.830 bits per heavy atom. The molecule has 8 rings (SSSR count). The Labute approximate surface area is 279 Å². The summed E-state index contributed by atoms with van der Waals surface area (Å²) in [7, 11) is 1.76. The van der Waals surface area contributed by atoms with Gasteiger partial charge in [-0.15, -0.1) is 0 Å². The molecule has 0 radical (unpaired) electrons. The van der Waals surface area contributed by atoms with Gasteiger partial charge in [0.25, 0.3) is 0 Å². The van der Waals surface area contributed by atoms with Crippen molar-refractivity contribution in [2.75, 3.05) is 44.7 Å². The van der Waals surface area contributed by atoms with Crippen LogP contribution < -0.4 is 9.64 Å². The molecule has 0 spiro atoms. The number of benzene rings is 4. The SMILES string of the molecule is COc1ccccc1N1CCN(CCc2ccc3ccc4c(c3c2)CCC2=C4C=CCC2C(c2ccccc2)c2ccccn2)CC1. The minimum atomic E-state index is 0.248. The number of fused-ring (bicyclic) bond motifs is 4. The average Bonchev–Trinajstić information content (AvgIpc) is 3.15. The number of ether oxygens (including phenoxy) is 1. The molecule has 2 unspecified atom stereocenters. The zero-order chi connectivity index (χ0) is 31.6. The van der Waals surface area contributed by atoms with Gasteiger partial charge in [-0.05, 0) is 94.5 Å². The molecule has 47 heavy (non-hydrogen) atoms. The molecule has 1 fully saturated rings. The van der Waals surface area contributed by atoms with Gasteiger partial charge in [0.2, 0.25) is 0 Å². The van der Waals surface area contributed by atoms with Crippen LogP contribution in [0.5, 0.6) is 5.75 Å². The van der Waals surface area contributed by atoms with Gasteiger partial charge in [0.05, 0.1) is 12.8 Å². The molecule has 0 amide bonds. The third-order valence-electron chi connectivity index (χ3n) is 10.7. The maximum atomic E-state index is 5.62. The van der Waals surface area contributed by atoms with Crippen LogP contribution in [0, 0.1) is 5.92 Å². The summed E-state index contributed by atoms with van der Waals surface area (Å²) in [5, 5.41) is 2.79. The summed E-state index contributed by atoms with van der Waals surface area (Å²) in [6, 6.07) is 37.7. The first-order valence-electron chi connectivity index (χ1n) is 17.3. The van der Waals surface area contributed by atoms with Crippen molar-refractivity contribution in [3.63, 3.8) is 0 Å². The largest absolute Gasteiger partial charge is 0.495 e. The molecule has 4 nitrogen and oxygen atoms in total. The van der Waals surface area contributed by atoms with E-state index in [1.165, 1.54) is 50.0 Å². The predicted molar refractivity (Wildman–Crippen MR) is 194 cm³/mol. The number of aryl methyl sites for hydroxylation is 1. The van der Waals surface area contributed by atoms with Crippen LogP contribution in [-0.2, 0) is 12.8 Å². The number of methoxy groups -OCH3 is 1. The van der Waals surface area contributed by atoms with Crippen LogP contribution in [-0.4, -0.2) is 49.7 Å². The second-order valence-electron chi connectivity index (χ2n) is 13.2. The van der Waals surface area contributed by atoms with Crippen LogP contribution in [0.1, 0.15) is 46.7 Å². The Balaban J connectivity index is 1.03. The molecule has 0 N–H and O–H groups in total. The predicted octanol–water partition coefficient (Wildman–Crippen LogP) is 8.72. The number of piperazine rings is 1. The number of nitrogens with zero attached hydrogens (tertiary/aromatic N) is 3. The number of aromatic nitrogens is 1. The Bertz CT molecular complexity index is 1880. The van der Waals surface area contributed by atoms with Gasteiger partial charge in [-0.1, -0.05) is 96.6 Å². The Morgan fingerprint density at radius 3 is 2.47 bits per heavy atom. The van der Waals surface area contributed by atoms with E-state index in [4.69, 9.17) is 9.72 Å². The zero-order valence-corrected chi connectivity index (χ0v) is 27.3. The number of rotatable bonds is 8. The van der Waals surface area contributed by atoms with Crippen molar-refractivity contribution in [2.45, 2.75) is 31.6 Å². The molecule has 3 aliphatic rings. The van der Waals surface area contributed by atoms with E-state index >= 15 is 0 Å². The smallest absolute Gasteiger partial charge is 0.142 e. The molecular formula is C43H43N3O. The molecule has 2 atom stereocenters. The van der Waals surface area contributed by atoms with Crippen LogP contribution in [0.15, 0.2) is 127 Å². The highest BCUT2D eigenvalue weighted by molar-refractivity contribution is 5.94. The van der Waals surface area contributed by atoms with E-state index in [9.17, 15) is 0 Å². The van der Waals surface area contributed by atoms with Crippen LogP contribution in [0.2, 0.25) is 0 Å². The van der Waals surface area contributed by atoms with Crippen LogP contribution in [0.3, 0.4) is 0 Å². The lowest BCUT2D eigenvalue weighted by atomic mass is 9.68. The molecular weight excluding hydrogens is 574 g/mol. The maximum Gasteiger partial charge on any atom is 0.142 e. The molecule has 0 saturated carbocycles. The molecule has 0 bridgehead atoms. The fraction of sp³-hybridized carbons (Fsp3) is 0.279. The Hall–Kier alpha value is -4.67. The minimum Gasteiger partial charge on any atom is -0.495 e. The van der Waals surface area contributed by atoms with Gasteiger partial charge in [-0.25, -0.2) is 0 Å². The van der Waals surface area contributed by atoms with E-state index in [0.717, 1.165) is 64.2 Å². The van der Waals surface area contributed by atoms with Gasteiger partial charge in [-0.2, -0.15) is 0 Å². The van der Waals surface area contributed by atoms with Crippen molar-refractivity contribution >= 4 is 22.0 Å². The third-order valence-corrected chi connectivity index (χ3v) is 10.7. The molecule has 1 aromatic heterocycles. The number of allylic oxidation sites excluding steroid dienone is 4. The van der Waals surface area contributed by atoms with E-state index in [2.05, 4.69) is 113 Å². The van der Waals surface area contributed by atoms with E-state index < -0.39 is 0 Å². The lowest BCUT2D eigenvalue weighted by Crippen LogP contribution is -2.47. The van der Waals surface area contributed by atoms with Crippen molar-refractivity contribution in [1.29, 1.82) is 0 Å². The molecule has 2 heterocycles. The highest BCUT2D eigenvalue weighted by Gasteiger charge is 2.34. The number of para-hydroxylation sites is 2. The van der Waals surface area contributed by atoms with Crippen molar-refractivity contribution in [2.24, 2.45) is 5.92 Å². The number of hydrogen-bond donors (Lipinski definition) is 0. The Morgan fingerprint density at radius 2 is 1.64 bits per heavy atom. The summed E-state index contributed by atoms with van der Waals surface area (Å²) in [4.78, 5) is 9.96. The minimum absolute atomic E-state index is 0.248. The number of pyridine rings is 1. The lowest BCUT2D eigenvalue weighted by Gasteiger charge is -2.36. The van der Waals surface area contributed by atoms with Gasteiger partial charge in [0.15, 0.2) is 0 Å². The summed E-state index contributed by atoms with van der Waals surface area (Å²) in [5.41, 5.74) is 11.2. The average molecular weight is 618 g/mol. The quantitative estimate of drug-likeness (QED) is 0.174. The van der Waals surface area contributed by atoms with Crippen LogP contribution in [0.25, 0.3) is 16.3 Å². The first kappa shape index (κ1) is 29.7. The highest BCUT2D eigenvalue weighted by Crippen LogP contribution is 2.48. The maximum absolute atomic E-state index is 5.62. The lowest BCUT2D eigenvalue weighted by molar-refractivity contribution is 0.260.